The van der Waals surface area contributed by atoms with Crippen molar-refractivity contribution in [3.05, 3.63) is 65.1 Å². The van der Waals surface area contributed by atoms with E-state index in [2.05, 4.69) is 16.1 Å². The van der Waals surface area contributed by atoms with Gasteiger partial charge in [-0.3, -0.25) is 9.36 Å². The molecule has 5 rings (SSSR count). The second-order valence-electron chi connectivity index (χ2n) is 8.40. The lowest BCUT2D eigenvalue weighted by molar-refractivity contribution is 0.122. The zero-order chi connectivity index (χ0) is 23.3. The lowest BCUT2D eigenvalue weighted by atomic mass is 9.93. The van der Waals surface area contributed by atoms with Gasteiger partial charge in [0, 0.05) is 53.7 Å². The number of hydrogen-bond acceptors (Lipinski definition) is 5. The third-order valence-corrected chi connectivity index (χ3v) is 5.87. The van der Waals surface area contributed by atoms with Crippen LogP contribution in [0.2, 0.25) is 0 Å². The van der Waals surface area contributed by atoms with E-state index in [4.69, 9.17) is 15.6 Å². The van der Waals surface area contributed by atoms with Crippen molar-refractivity contribution in [2.45, 2.75) is 39.3 Å². The van der Waals surface area contributed by atoms with Crippen molar-refractivity contribution in [2.24, 2.45) is 7.05 Å². The van der Waals surface area contributed by atoms with E-state index in [0.29, 0.717) is 23.4 Å². The van der Waals surface area contributed by atoms with Crippen molar-refractivity contribution >= 4 is 5.82 Å². The number of halogens is 2. The molecule has 3 aromatic heterocycles. The van der Waals surface area contributed by atoms with Crippen molar-refractivity contribution in [3.63, 3.8) is 0 Å². The van der Waals surface area contributed by atoms with Gasteiger partial charge in [0.2, 0.25) is 0 Å². The number of rotatable bonds is 2. The summed E-state index contributed by atoms with van der Waals surface area (Å²) in [6.45, 7) is 3.46. The molecule has 0 fully saturated rings. The number of ether oxygens (including phenoxy) is 1. The van der Waals surface area contributed by atoms with Crippen LogP contribution in [0.25, 0.3) is 22.5 Å². The Bertz CT molecular complexity index is 1340. The molecule has 1 aliphatic rings. The van der Waals surface area contributed by atoms with Crippen LogP contribution in [0, 0.1) is 6.92 Å². The quantitative estimate of drug-likeness (QED) is 0.485. The highest BCUT2D eigenvalue weighted by molar-refractivity contribution is 5.72. The first-order chi connectivity index (χ1) is 15.8. The SMILES string of the molecule is Cc1ccc2c(c1)[C@@H](C)Oc1cc(cnc1N)-c1c(cnn1CC(F)F)Cc1cn(C)nc1-2. The smallest absolute Gasteiger partial charge is 0.257 e. The first kappa shape index (κ1) is 21.1. The molecule has 4 heterocycles. The summed E-state index contributed by atoms with van der Waals surface area (Å²) < 4.78 is 36.0. The summed E-state index contributed by atoms with van der Waals surface area (Å²) in [5.41, 5.74) is 12.9. The third-order valence-electron chi connectivity index (χ3n) is 5.87. The highest BCUT2D eigenvalue weighted by Gasteiger charge is 2.24. The number of pyridine rings is 1. The fraction of sp³-hybridized carbons (Fsp3) is 0.292. The fourth-order valence-corrected chi connectivity index (χ4v) is 4.42. The molecule has 0 aliphatic carbocycles. The molecule has 2 bridgehead atoms. The van der Waals surface area contributed by atoms with Crippen molar-refractivity contribution in [3.8, 4) is 28.3 Å². The molecule has 1 atom stereocenters. The topological polar surface area (TPSA) is 83.8 Å². The number of anilines is 1. The maximum absolute atomic E-state index is 13.3. The zero-order valence-corrected chi connectivity index (χ0v) is 18.6. The molecule has 0 spiro atoms. The number of nitrogens with two attached hydrogens (primary N) is 1. The number of nitrogens with zero attached hydrogens (tertiary/aromatic N) is 5. The maximum atomic E-state index is 13.3. The van der Waals surface area contributed by atoms with E-state index in [1.807, 2.05) is 39.2 Å². The van der Waals surface area contributed by atoms with Gasteiger partial charge in [0.05, 0.1) is 17.6 Å². The molecule has 0 unspecified atom stereocenters. The Kier molecular flexibility index (Phi) is 5.11. The number of hydrogen-bond donors (Lipinski definition) is 1. The van der Waals surface area contributed by atoms with Gasteiger partial charge in [-0.2, -0.15) is 10.2 Å². The van der Waals surface area contributed by atoms with E-state index in [1.165, 1.54) is 4.68 Å². The van der Waals surface area contributed by atoms with E-state index >= 15 is 0 Å². The van der Waals surface area contributed by atoms with Crippen LogP contribution in [0.4, 0.5) is 14.6 Å². The summed E-state index contributed by atoms with van der Waals surface area (Å²) in [6, 6.07) is 7.92. The molecule has 1 aliphatic heterocycles. The summed E-state index contributed by atoms with van der Waals surface area (Å²) in [4.78, 5) is 4.29. The zero-order valence-electron chi connectivity index (χ0n) is 18.6. The Morgan fingerprint density at radius 2 is 2.03 bits per heavy atom. The van der Waals surface area contributed by atoms with Gasteiger partial charge in [-0.1, -0.05) is 23.8 Å². The van der Waals surface area contributed by atoms with Crippen molar-refractivity contribution in [1.82, 2.24) is 24.5 Å². The third kappa shape index (κ3) is 3.83. The number of benzene rings is 1. The molecule has 7 nitrogen and oxygen atoms in total. The van der Waals surface area contributed by atoms with Gasteiger partial charge < -0.3 is 10.5 Å². The number of fused-ring (bicyclic) bond motifs is 7. The van der Waals surface area contributed by atoms with Crippen molar-refractivity contribution < 1.29 is 13.5 Å². The maximum Gasteiger partial charge on any atom is 0.257 e. The highest BCUT2D eigenvalue weighted by Crippen LogP contribution is 2.38. The molecule has 0 saturated carbocycles. The van der Waals surface area contributed by atoms with Crippen LogP contribution in [0.3, 0.4) is 0 Å². The highest BCUT2D eigenvalue weighted by atomic mass is 19.3. The minimum Gasteiger partial charge on any atom is -0.482 e. The normalized spacial score (nSPS) is 15.2. The Morgan fingerprint density at radius 3 is 2.82 bits per heavy atom. The minimum absolute atomic E-state index is 0.233. The molecule has 9 heteroatoms. The van der Waals surface area contributed by atoms with E-state index in [1.54, 1.807) is 23.1 Å². The Labute approximate surface area is 189 Å². The summed E-state index contributed by atoms with van der Waals surface area (Å²) in [5.74, 6) is 0.627. The standard InChI is InChI=1S/C24H24F2N6O/c1-13-4-5-18-19(6-13)14(2)33-20-8-16(9-28-24(20)27)23-15(10-29-32(23)12-21(25)26)7-17-11-31(3)30-22(17)18/h4-6,8-11,14,21H,7,12H2,1-3H3,(H2,27,28)/t14-/m1/s1. The van der Waals surface area contributed by atoms with Crippen LogP contribution in [-0.2, 0) is 20.0 Å². The van der Waals surface area contributed by atoms with E-state index in [0.717, 1.165) is 33.5 Å². The van der Waals surface area contributed by atoms with Crippen LogP contribution >= 0.6 is 0 Å². The molecule has 0 saturated heterocycles. The van der Waals surface area contributed by atoms with E-state index in [-0.39, 0.29) is 11.9 Å². The second-order valence-corrected chi connectivity index (χ2v) is 8.40. The number of aryl methyl sites for hydroxylation is 2. The molecule has 0 radical (unpaired) electrons. The molecule has 0 amide bonds. The Morgan fingerprint density at radius 1 is 1.21 bits per heavy atom. The van der Waals surface area contributed by atoms with Crippen LogP contribution in [0.15, 0.2) is 42.9 Å². The average Bonchev–Trinajstić information content (AvgIpc) is 3.31. The van der Waals surface area contributed by atoms with Crippen molar-refractivity contribution in [1.29, 1.82) is 0 Å². The van der Waals surface area contributed by atoms with Gasteiger partial charge in [-0.25, -0.2) is 13.8 Å². The Balaban J connectivity index is 1.78. The van der Waals surface area contributed by atoms with Crippen LogP contribution in [0.1, 0.15) is 35.3 Å². The molecule has 2 N–H and O–H groups in total. The fourth-order valence-electron chi connectivity index (χ4n) is 4.42. The predicted molar refractivity (Wildman–Crippen MR) is 121 cm³/mol. The van der Waals surface area contributed by atoms with Crippen LogP contribution in [0.5, 0.6) is 5.75 Å². The summed E-state index contributed by atoms with van der Waals surface area (Å²) in [6.07, 6.45) is 2.75. The van der Waals surface area contributed by atoms with E-state index in [9.17, 15) is 8.78 Å². The van der Waals surface area contributed by atoms with Crippen LogP contribution in [-0.4, -0.2) is 31.0 Å². The van der Waals surface area contributed by atoms with Gasteiger partial charge in [0.1, 0.15) is 12.6 Å². The second kappa shape index (κ2) is 7.99. The van der Waals surface area contributed by atoms with E-state index < -0.39 is 13.0 Å². The molecular formula is C24H24F2N6O. The van der Waals surface area contributed by atoms with Crippen LogP contribution < -0.4 is 10.5 Å². The first-order valence-corrected chi connectivity index (χ1v) is 10.7. The largest absolute Gasteiger partial charge is 0.482 e. The van der Waals surface area contributed by atoms with Gasteiger partial charge in [-0.15, -0.1) is 0 Å². The number of aromatic nitrogens is 5. The van der Waals surface area contributed by atoms with Gasteiger partial charge in [0.15, 0.2) is 11.6 Å². The summed E-state index contributed by atoms with van der Waals surface area (Å²) in [5, 5.41) is 9.00. The number of nitrogen functional groups attached to an aromatic ring is 1. The lowest BCUT2D eigenvalue weighted by Gasteiger charge is -2.21. The predicted octanol–water partition coefficient (Wildman–Crippen LogP) is 4.55. The number of alkyl halides is 2. The molecule has 33 heavy (non-hydrogen) atoms. The molecular weight excluding hydrogens is 426 g/mol. The van der Waals surface area contributed by atoms with Gasteiger partial charge in [0.25, 0.3) is 6.43 Å². The molecule has 4 aromatic rings. The monoisotopic (exact) mass is 450 g/mol. The molecule has 170 valence electrons. The molecule has 1 aromatic carbocycles. The first-order valence-electron chi connectivity index (χ1n) is 10.7. The Hall–Kier alpha value is -3.75. The summed E-state index contributed by atoms with van der Waals surface area (Å²) >= 11 is 0. The average molecular weight is 450 g/mol. The van der Waals surface area contributed by atoms with Gasteiger partial charge >= 0.3 is 0 Å². The van der Waals surface area contributed by atoms with Gasteiger partial charge in [-0.05, 0) is 19.9 Å². The summed E-state index contributed by atoms with van der Waals surface area (Å²) in [7, 11) is 1.87. The van der Waals surface area contributed by atoms with Crippen molar-refractivity contribution in [2.75, 3.05) is 5.73 Å². The minimum atomic E-state index is -2.54. The lowest BCUT2D eigenvalue weighted by Crippen LogP contribution is -2.12.